The van der Waals surface area contributed by atoms with E-state index in [9.17, 15) is 0 Å². The summed E-state index contributed by atoms with van der Waals surface area (Å²) in [5.41, 5.74) is 16.1. The van der Waals surface area contributed by atoms with Gasteiger partial charge in [-0.3, -0.25) is 0 Å². The molecule has 0 unspecified atom stereocenters. The van der Waals surface area contributed by atoms with Crippen LogP contribution in [0, 0.1) is 13.8 Å². The summed E-state index contributed by atoms with van der Waals surface area (Å²) in [6.07, 6.45) is 0. The molecule has 0 spiro atoms. The summed E-state index contributed by atoms with van der Waals surface area (Å²) < 4.78 is 0. The van der Waals surface area contributed by atoms with Crippen LogP contribution >= 0.6 is 12.4 Å². The maximum Gasteiger partial charge on any atom is 0.0180 e. The molecule has 3 heteroatoms. The van der Waals surface area contributed by atoms with Crippen LogP contribution in [0.1, 0.15) is 22.3 Å². The molecule has 0 fully saturated rings. The number of halogens is 1. The van der Waals surface area contributed by atoms with Crippen molar-refractivity contribution in [3.8, 4) is 0 Å². The lowest BCUT2D eigenvalue weighted by molar-refractivity contribution is 1.00. The minimum absolute atomic E-state index is 0. The summed E-state index contributed by atoms with van der Waals surface area (Å²) in [5, 5.41) is 0. The monoisotopic (exact) mass is 200 g/mol. The quantitative estimate of drug-likeness (QED) is 0.763. The van der Waals surface area contributed by atoms with E-state index in [0.717, 1.165) is 0 Å². The predicted molar refractivity (Wildman–Crippen MR) is 58.9 cm³/mol. The van der Waals surface area contributed by atoms with Crippen LogP contribution in [0.2, 0.25) is 0 Å². The predicted octanol–water partition coefficient (Wildman–Crippen LogP) is 1.64. The first kappa shape index (κ1) is 12.4. The molecule has 0 aliphatic carbocycles. The second-order valence-electron chi connectivity index (χ2n) is 3.11. The SMILES string of the molecule is Cc1cc(CN)c(C)cc1CN.Cl. The minimum Gasteiger partial charge on any atom is -0.326 e. The van der Waals surface area contributed by atoms with E-state index in [2.05, 4.69) is 26.0 Å². The number of aryl methyl sites for hydroxylation is 2. The topological polar surface area (TPSA) is 52.0 Å². The first-order valence-corrected chi connectivity index (χ1v) is 4.18. The molecule has 1 aromatic rings. The highest BCUT2D eigenvalue weighted by Gasteiger charge is 2.01. The van der Waals surface area contributed by atoms with Crippen molar-refractivity contribution in [3.05, 3.63) is 34.4 Å². The van der Waals surface area contributed by atoms with E-state index in [1.165, 1.54) is 22.3 Å². The zero-order chi connectivity index (χ0) is 9.14. The molecule has 2 nitrogen and oxygen atoms in total. The average Bonchev–Trinajstić information content (AvgIpc) is 2.08. The Labute approximate surface area is 85.7 Å². The van der Waals surface area contributed by atoms with Gasteiger partial charge >= 0.3 is 0 Å². The van der Waals surface area contributed by atoms with Gasteiger partial charge in [-0.25, -0.2) is 0 Å². The molecule has 0 aliphatic rings. The summed E-state index contributed by atoms with van der Waals surface area (Å²) in [5.74, 6) is 0. The smallest absolute Gasteiger partial charge is 0.0180 e. The molecule has 0 saturated heterocycles. The third kappa shape index (κ3) is 2.69. The molecule has 74 valence electrons. The van der Waals surface area contributed by atoms with E-state index in [0.29, 0.717) is 13.1 Å². The van der Waals surface area contributed by atoms with Crippen LogP contribution in [0.4, 0.5) is 0 Å². The lowest BCUT2D eigenvalue weighted by atomic mass is 10.0. The maximum atomic E-state index is 5.58. The third-order valence-electron chi connectivity index (χ3n) is 2.23. The van der Waals surface area contributed by atoms with Gasteiger partial charge in [-0.1, -0.05) is 12.1 Å². The Morgan fingerprint density at radius 1 is 0.923 bits per heavy atom. The molecule has 0 aliphatic heterocycles. The zero-order valence-electron chi connectivity index (χ0n) is 8.13. The number of rotatable bonds is 2. The largest absolute Gasteiger partial charge is 0.326 e. The highest BCUT2D eigenvalue weighted by Crippen LogP contribution is 2.14. The number of benzene rings is 1. The number of hydrogen-bond donors (Lipinski definition) is 2. The normalized spacial score (nSPS) is 9.54. The number of nitrogens with two attached hydrogens (primary N) is 2. The highest BCUT2D eigenvalue weighted by atomic mass is 35.5. The molecular weight excluding hydrogens is 184 g/mol. The minimum atomic E-state index is 0. The Balaban J connectivity index is 0.00000144. The van der Waals surface area contributed by atoms with Crippen molar-refractivity contribution in [1.82, 2.24) is 0 Å². The lowest BCUT2D eigenvalue weighted by Gasteiger charge is -2.08. The molecule has 13 heavy (non-hydrogen) atoms. The van der Waals surface area contributed by atoms with Crippen molar-refractivity contribution >= 4 is 12.4 Å². The van der Waals surface area contributed by atoms with Gasteiger partial charge in [0.15, 0.2) is 0 Å². The van der Waals surface area contributed by atoms with E-state index >= 15 is 0 Å². The lowest BCUT2D eigenvalue weighted by Crippen LogP contribution is -2.04. The molecule has 4 N–H and O–H groups in total. The molecule has 0 saturated carbocycles. The molecule has 1 aromatic carbocycles. The van der Waals surface area contributed by atoms with Gasteiger partial charge in [0.05, 0.1) is 0 Å². The van der Waals surface area contributed by atoms with Gasteiger partial charge in [-0.15, -0.1) is 12.4 Å². The molecule has 0 atom stereocenters. The Hall–Kier alpha value is -0.570. The van der Waals surface area contributed by atoms with Crippen molar-refractivity contribution in [3.63, 3.8) is 0 Å². The van der Waals surface area contributed by atoms with Crippen molar-refractivity contribution in [2.45, 2.75) is 26.9 Å². The Kier molecular flexibility index (Phi) is 4.99. The van der Waals surface area contributed by atoms with Crippen molar-refractivity contribution in [2.24, 2.45) is 11.5 Å². The Bertz CT molecular complexity index is 255. The first-order chi connectivity index (χ1) is 5.69. The van der Waals surface area contributed by atoms with E-state index in [-0.39, 0.29) is 12.4 Å². The summed E-state index contributed by atoms with van der Waals surface area (Å²) in [6.45, 7) is 5.36. The van der Waals surface area contributed by atoms with E-state index in [1.807, 2.05) is 0 Å². The second kappa shape index (κ2) is 5.22. The van der Waals surface area contributed by atoms with Gasteiger partial charge in [0.2, 0.25) is 0 Å². The van der Waals surface area contributed by atoms with Crippen molar-refractivity contribution in [2.75, 3.05) is 0 Å². The average molecular weight is 201 g/mol. The van der Waals surface area contributed by atoms with Crippen LogP contribution in [-0.4, -0.2) is 0 Å². The van der Waals surface area contributed by atoms with Gasteiger partial charge in [-0.05, 0) is 36.1 Å². The molecule has 1 rings (SSSR count). The van der Waals surface area contributed by atoms with Crippen LogP contribution in [0.15, 0.2) is 12.1 Å². The maximum absolute atomic E-state index is 5.58. The second-order valence-corrected chi connectivity index (χ2v) is 3.11. The number of hydrogen-bond acceptors (Lipinski definition) is 2. The van der Waals surface area contributed by atoms with E-state index < -0.39 is 0 Å². The van der Waals surface area contributed by atoms with Gasteiger partial charge < -0.3 is 11.5 Å². The molecule has 0 amide bonds. The van der Waals surface area contributed by atoms with E-state index in [1.54, 1.807) is 0 Å². The molecule has 0 radical (unpaired) electrons. The summed E-state index contributed by atoms with van der Waals surface area (Å²) in [7, 11) is 0. The van der Waals surface area contributed by atoms with Gasteiger partial charge in [0.1, 0.15) is 0 Å². The fraction of sp³-hybridized carbons (Fsp3) is 0.400. The van der Waals surface area contributed by atoms with Crippen molar-refractivity contribution in [1.29, 1.82) is 0 Å². The van der Waals surface area contributed by atoms with Gasteiger partial charge in [0, 0.05) is 13.1 Å². The Morgan fingerprint density at radius 3 is 1.46 bits per heavy atom. The Morgan fingerprint density at radius 2 is 1.23 bits per heavy atom. The molecule has 0 bridgehead atoms. The fourth-order valence-corrected chi connectivity index (χ4v) is 1.38. The van der Waals surface area contributed by atoms with Crippen LogP contribution in [0.25, 0.3) is 0 Å². The fourth-order valence-electron chi connectivity index (χ4n) is 1.38. The van der Waals surface area contributed by atoms with Crippen LogP contribution < -0.4 is 11.5 Å². The first-order valence-electron chi connectivity index (χ1n) is 4.18. The van der Waals surface area contributed by atoms with Crippen LogP contribution in [0.5, 0.6) is 0 Å². The summed E-state index contributed by atoms with van der Waals surface area (Å²) in [6, 6.07) is 4.25. The third-order valence-corrected chi connectivity index (χ3v) is 2.23. The van der Waals surface area contributed by atoms with Gasteiger partial charge in [0.25, 0.3) is 0 Å². The van der Waals surface area contributed by atoms with Gasteiger partial charge in [-0.2, -0.15) is 0 Å². The summed E-state index contributed by atoms with van der Waals surface area (Å²) in [4.78, 5) is 0. The van der Waals surface area contributed by atoms with E-state index in [4.69, 9.17) is 11.5 Å². The van der Waals surface area contributed by atoms with Crippen LogP contribution in [-0.2, 0) is 13.1 Å². The zero-order valence-corrected chi connectivity index (χ0v) is 8.95. The standard InChI is InChI=1S/C10H16N2.ClH/c1-7-3-10(6-12)8(2)4-9(7)5-11;/h3-4H,5-6,11-12H2,1-2H3;1H. The van der Waals surface area contributed by atoms with Crippen molar-refractivity contribution < 1.29 is 0 Å². The highest BCUT2D eigenvalue weighted by molar-refractivity contribution is 5.85. The molecule has 0 aromatic heterocycles. The van der Waals surface area contributed by atoms with Crippen LogP contribution in [0.3, 0.4) is 0 Å². The summed E-state index contributed by atoms with van der Waals surface area (Å²) >= 11 is 0. The molecular formula is C10H17ClN2. The molecule has 0 heterocycles.